The quantitative estimate of drug-likeness (QED) is 0.361. The van der Waals surface area contributed by atoms with E-state index in [0.29, 0.717) is 22.4 Å². The van der Waals surface area contributed by atoms with Gasteiger partial charge in [-0.2, -0.15) is 0 Å². The van der Waals surface area contributed by atoms with Crippen LogP contribution >= 0.6 is 0 Å². The summed E-state index contributed by atoms with van der Waals surface area (Å²) in [5.41, 5.74) is 3.16. The number of aliphatic hydroxyl groups excluding tert-OH is 1. The number of benzene rings is 3. The molecule has 1 amide bonds. The molecular weight excluding hydrogens is 406 g/mol. The van der Waals surface area contributed by atoms with Gasteiger partial charge in [0.05, 0.1) is 18.0 Å². The van der Waals surface area contributed by atoms with E-state index in [0.717, 1.165) is 5.56 Å². The van der Waals surface area contributed by atoms with Crippen molar-refractivity contribution in [3.05, 3.63) is 107 Å². The Bertz CT molecular complexity index is 1210. The number of amides is 1. The summed E-state index contributed by atoms with van der Waals surface area (Å²) in [5, 5.41) is 20.0. The maximum absolute atomic E-state index is 13.1. The summed E-state index contributed by atoms with van der Waals surface area (Å²) < 4.78 is 0. The molecule has 0 radical (unpaired) electrons. The summed E-state index contributed by atoms with van der Waals surface area (Å²) in [4.78, 5) is 38.5. The van der Waals surface area contributed by atoms with Crippen LogP contribution in [0, 0.1) is 6.92 Å². The molecule has 0 spiro atoms. The summed E-state index contributed by atoms with van der Waals surface area (Å²) >= 11 is 0. The van der Waals surface area contributed by atoms with Crippen LogP contribution in [0.2, 0.25) is 0 Å². The second-order valence-electron chi connectivity index (χ2n) is 7.68. The predicted molar refractivity (Wildman–Crippen MR) is 120 cm³/mol. The van der Waals surface area contributed by atoms with Gasteiger partial charge >= 0.3 is 5.97 Å². The van der Waals surface area contributed by atoms with Gasteiger partial charge in [0.25, 0.3) is 11.7 Å². The molecule has 32 heavy (non-hydrogen) atoms. The number of aliphatic carboxylic acids is 1. The number of hydrogen-bond acceptors (Lipinski definition) is 4. The molecule has 1 atom stereocenters. The van der Waals surface area contributed by atoms with Crippen molar-refractivity contribution in [3.8, 4) is 0 Å². The largest absolute Gasteiger partial charge is 0.507 e. The van der Waals surface area contributed by atoms with Gasteiger partial charge in [-0.3, -0.25) is 19.3 Å². The number of aryl methyl sites for hydroxylation is 1. The van der Waals surface area contributed by atoms with Crippen molar-refractivity contribution in [2.24, 2.45) is 0 Å². The molecule has 160 valence electrons. The van der Waals surface area contributed by atoms with Gasteiger partial charge in [-0.1, -0.05) is 72.3 Å². The SMILES string of the molecule is Cc1ccc(/C(O)=C2\C(=O)C(=O)N(c3ccc(CC(=O)O)cc3)C2c2ccccc2)cc1. The van der Waals surface area contributed by atoms with Gasteiger partial charge in [0.1, 0.15) is 5.76 Å². The van der Waals surface area contributed by atoms with E-state index in [1.807, 2.05) is 25.1 Å². The molecular formula is C26H21NO5. The molecule has 3 aromatic carbocycles. The van der Waals surface area contributed by atoms with Crippen LogP contribution in [0.4, 0.5) is 5.69 Å². The highest BCUT2D eigenvalue weighted by Crippen LogP contribution is 2.42. The highest BCUT2D eigenvalue weighted by atomic mass is 16.4. The lowest BCUT2D eigenvalue weighted by molar-refractivity contribution is -0.136. The fourth-order valence-corrected chi connectivity index (χ4v) is 3.87. The molecule has 6 nitrogen and oxygen atoms in total. The van der Waals surface area contributed by atoms with Crippen LogP contribution in [-0.2, 0) is 20.8 Å². The normalized spacial score (nSPS) is 17.5. The Morgan fingerprint density at radius 2 is 1.50 bits per heavy atom. The van der Waals surface area contributed by atoms with E-state index in [-0.39, 0.29) is 17.8 Å². The van der Waals surface area contributed by atoms with Crippen molar-refractivity contribution in [3.63, 3.8) is 0 Å². The molecule has 0 bridgehead atoms. The van der Waals surface area contributed by atoms with Gasteiger partial charge in [-0.05, 0) is 30.2 Å². The summed E-state index contributed by atoms with van der Waals surface area (Å²) in [6, 6.07) is 21.7. The van der Waals surface area contributed by atoms with Gasteiger partial charge < -0.3 is 10.2 Å². The number of carbonyl (C=O) groups excluding carboxylic acids is 2. The standard InChI is InChI=1S/C26H21NO5/c1-16-7-11-19(12-8-16)24(30)22-23(18-5-3-2-4-6-18)27(26(32)25(22)31)20-13-9-17(10-14-20)15-21(28)29/h2-14,23,30H,15H2,1H3,(H,28,29)/b24-22+. The lowest BCUT2D eigenvalue weighted by Crippen LogP contribution is -2.29. The first-order valence-electron chi connectivity index (χ1n) is 10.1. The number of Topliss-reactive ketones (excluding diaryl/α,β-unsaturated/α-hetero) is 1. The Morgan fingerprint density at radius 1 is 0.875 bits per heavy atom. The molecule has 0 saturated carbocycles. The number of anilines is 1. The van der Waals surface area contributed by atoms with E-state index in [2.05, 4.69) is 0 Å². The van der Waals surface area contributed by atoms with E-state index in [4.69, 9.17) is 5.11 Å². The fraction of sp³-hybridized carbons (Fsp3) is 0.115. The molecule has 1 unspecified atom stereocenters. The third kappa shape index (κ3) is 3.90. The van der Waals surface area contributed by atoms with Crippen LogP contribution in [-0.4, -0.2) is 27.9 Å². The molecule has 0 aliphatic carbocycles. The van der Waals surface area contributed by atoms with Crippen molar-refractivity contribution in [2.45, 2.75) is 19.4 Å². The maximum Gasteiger partial charge on any atom is 0.307 e. The first-order chi connectivity index (χ1) is 15.4. The molecule has 6 heteroatoms. The maximum atomic E-state index is 13.1. The topological polar surface area (TPSA) is 94.9 Å². The fourth-order valence-electron chi connectivity index (χ4n) is 3.87. The molecule has 2 N–H and O–H groups in total. The summed E-state index contributed by atoms with van der Waals surface area (Å²) in [5.74, 6) is -2.71. The number of carboxylic acid groups (broad SMARTS) is 1. The molecule has 1 aliphatic heterocycles. The van der Waals surface area contributed by atoms with Crippen molar-refractivity contribution < 1.29 is 24.6 Å². The van der Waals surface area contributed by atoms with E-state index < -0.39 is 23.7 Å². The van der Waals surface area contributed by atoms with E-state index >= 15 is 0 Å². The minimum absolute atomic E-state index is 0.0136. The van der Waals surface area contributed by atoms with Crippen molar-refractivity contribution >= 4 is 29.1 Å². The first kappa shape index (κ1) is 21.1. The van der Waals surface area contributed by atoms with E-state index in [1.54, 1.807) is 60.7 Å². The van der Waals surface area contributed by atoms with E-state index in [9.17, 15) is 19.5 Å². The zero-order valence-electron chi connectivity index (χ0n) is 17.4. The summed E-state index contributed by atoms with van der Waals surface area (Å²) in [6.07, 6.45) is -0.144. The van der Waals surface area contributed by atoms with Crippen LogP contribution in [0.3, 0.4) is 0 Å². The number of hydrogen-bond donors (Lipinski definition) is 2. The van der Waals surface area contributed by atoms with Gasteiger partial charge in [-0.15, -0.1) is 0 Å². The van der Waals surface area contributed by atoms with Crippen LogP contribution in [0.25, 0.3) is 5.76 Å². The van der Waals surface area contributed by atoms with Crippen molar-refractivity contribution in [2.75, 3.05) is 4.90 Å². The van der Waals surface area contributed by atoms with Crippen LogP contribution in [0.1, 0.15) is 28.3 Å². The summed E-state index contributed by atoms with van der Waals surface area (Å²) in [6.45, 7) is 1.92. The smallest absolute Gasteiger partial charge is 0.307 e. The third-order valence-corrected chi connectivity index (χ3v) is 5.45. The average molecular weight is 427 g/mol. The first-order valence-corrected chi connectivity index (χ1v) is 10.1. The molecule has 1 fully saturated rings. The van der Waals surface area contributed by atoms with Gasteiger partial charge in [0, 0.05) is 11.3 Å². The zero-order valence-corrected chi connectivity index (χ0v) is 17.4. The van der Waals surface area contributed by atoms with Gasteiger partial charge in [0.2, 0.25) is 0 Å². The Labute approximate surface area is 185 Å². The second-order valence-corrected chi connectivity index (χ2v) is 7.68. The molecule has 4 rings (SSSR count). The highest BCUT2D eigenvalue weighted by molar-refractivity contribution is 6.51. The minimum Gasteiger partial charge on any atom is -0.507 e. The Kier molecular flexibility index (Phi) is 5.60. The zero-order chi connectivity index (χ0) is 22.8. The van der Waals surface area contributed by atoms with Gasteiger partial charge in [0.15, 0.2) is 0 Å². The van der Waals surface area contributed by atoms with Crippen LogP contribution in [0.15, 0.2) is 84.4 Å². The van der Waals surface area contributed by atoms with Crippen molar-refractivity contribution in [1.29, 1.82) is 0 Å². The number of carbonyl (C=O) groups is 3. The Balaban J connectivity index is 1.85. The number of rotatable bonds is 5. The average Bonchev–Trinajstić information content (AvgIpc) is 3.05. The molecule has 1 aliphatic rings. The van der Waals surface area contributed by atoms with E-state index in [1.165, 1.54) is 4.90 Å². The lowest BCUT2D eigenvalue weighted by Gasteiger charge is -2.25. The molecule has 0 aromatic heterocycles. The monoisotopic (exact) mass is 427 g/mol. The number of aliphatic hydroxyl groups is 1. The molecule has 1 heterocycles. The molecule has 1 saturated heterocycles. The Morgan fingerprint density at radius 3 is 2.09 bits per heavy atom. The predicted octanol–water partition coefficient (Wildman–Crippen LogP) is 4.25. The van der Waals surface area contributed by atoms with Crippen LogP contribution < -0.4 is 4.90 Å². The number of nitrogens with zero attached hydrogens (tertiary/aromatic N) is 1. The number of carboxylic acids is 1. The van der Waals surface area contributed by atoms with Gasteiger partial charge in [-0.25, -0.2) is 0 Å². The highest BCUT2D eigenvalue weighted by Gasteiger charge is 2.46. The number of ketones is 1. The third-order valence-electron chi connectivity index (χ3n) is 5.45. The van der Waals surface area contributed by atoms with Crippen molar-refractivity contribution in [1.82, 2.24) is 0 Å². The van der Waals surface area contributed by atoms with Crippen LogP contribution in [0.5, 0.6) is 0 Å². The minimum atomic E-state index is -0.958. The summed E-state index contributed by atoms with van der Waals surface area (Å²) in [7, 11) is 0. The second kappa shape index (κ2) is 8.51. The lowest BCUT2D eigenvalue weighted by atomic mass is 9.95. The Hall–Kier alpha value is -4.19. The molecule has 3 aromatic rings.